The van der Waals surface area contributed by atoms with Gasteiger partial charge in [-0.3, -0.25) is 5.41 Å². The van der Waals surface area contributed by atoms with Gasteiger partial charge in [-0.15, -0.1) is 0 Å². The van der Waals surface area contributed by atoms with Crippen molar-refractivity contribution in [3.05, 3.63) is 18.0 Å². The number of rotatable bonds is 2. The van der Waals surface area contributed by atoms with E-state index in [2.05, 4.69) is 14.9 Å². The Hall–Kier alpha value is -1.69. The molecule has 2 heterocycles. The largest absolute Gasteiger partial charge is 0.382 e. The van der Waals surface area contributed by atoms with E-state index in [1.807, 2.05) is 13.8 Å². The van der Waals surface area contributed by atoms with Crippen molar-refractivity contribution in [3.63, 3.8) is 0 Å². The molecule has 6 heteroatoms. The van der Waals surface area contributed by atoms with Gasteiger partial charge < -0.3 is 15.4 Å². The minimum absolute atomic E-state index is 0.0406. The highest BCUT2D eigenvalue weighted by molar-refractivity contribution is 5.93. The summed E-state index contributed by atoms with van der Waals surface area (Å²) in [5.41, 5.74) is 5.67. The Labute approximate surface area is 100 Å². The summed E-state index contributed by atoms with van der Waals surface area (Å²) < 4.78 is 5.63. The van der Waals surface area contributed by atoms with Crippen LogP contribution in [0, 0.1) is 5.41 Å². The van der Waals surface area contributed by atoms with Gasteiger partial charge in [-0.1, -0.05) is 0 Å². The fourth-order valence-corrected chi connectivity index (χ4v) is 1.84. The van der Waals surface area contributed by atoms with E-state index in [1.54, 1.807) is 12.3 Å². The Morgan fingerprint density at radius 2 is 2.35 bits per heavy atom. The van der Waals surface area contributed by atoms with Gasteiger partial charge in [0.15, 0.2) is 0 Å². The number of aromatic nitrogens is 2. The van der Waals surface area contributed by atoms with Gasteiger partial charge in [-0.05, 0) is 19.9 Å². The number of ether oxygens (including phenoxy) is 1. The van der Waals surface area contributed by atoms with E-state index in [4.69, 9.17) is 15.9 Å². The van der Waals surface area contributed by atoms with Crippen molar-refractivity contribution in [1.82, 2.24) is 9.97 Å². The van der Waals surface area contributed by atoms with Crippen LogP contribution in [-0.2, 0) is 4.74 Å². The van der Waals surface area contributed by atoms with E-state index in [-0.39, 0.29) is 11.4 Å². The van der Waals surface area contributed by atoms with Crippen LogP contribution in [0.5, 0.6) is 0 Å². The number of nitrogen functional groups attached to an aromatic ring is 1. The molecule has 2 rings (SSSR count). The molecule has 0 amide bonds. The number of anilines is 1. The van der Waals surface area contributed by atoms with E-state index >= 15 is 0 Å². The van der Waals surface area contributed by atoms with Crippen molar-refractivity contribution < 1.29 is 4.74 Å². The van der Waals surface area contributed by atoms with Gasteiger partial charge in [-0.25, -0.2) is 9.97 Å². The topological polar surface area (TPSA) is 88.1 Å². The molecule has 1 aromatic heterocycles. The normalized spacial score (nSPS) is 19.1. The molecule has 0 bridgehead atoms. The molecule has 92 valence electrons. The molecular weight excluding hydrogens is 218 g/mol. The Morgan fingerprint density at radius 1 is 1.59 bits per heavy atom. The molecule has 17 heavy (non-hydrogen) atoms. The molecule has 6 nitrogen and oxygen atoms in total. The number of nitrogens with two attached hydrogens (primary N) is 1. The molecule has 3 N–H and O–H groups in total. The number of hydrogen-bond acceptors (Lipinski definition) is 5. The molecule has 1 aromatic rings. The second kappa shape index (κ2) is 4.29. The highest BCUT2D eigenvalue weighted by atomic mass is 16.5. The van der Waals surface area contributed by atoms with Crippen LogP contribution in [0.1, 0.15) is 19.5 Å². The zero-order valence-electron chi connectivity index (χ0n) is 10.1. The summed E-state index contributed by atoms with van der Waals surface area (Å²) in [5, 5.41) is 7.37. The molecule has 0 unspecified atom stereocenters. The zero-order valence-corrected chi connectivity index (χ0v) is 10.1. The molecule has 1 fully saturated rings. The second-order valence-electron chi connectivity index (χ2n) is 4.69. The number of nitrogens with zero attached hydrogens (tertiary/aromatic N) is 3. The fourth-order valence-electron chi connectivity index (χ4n) is 1.84. The van der Waals surface area contributed by atoms with Crippen molar-refractivity contribution >= 4 is 11.8 Å². The van der Waals surface area contributed by atoms with E-state index in [0.29, 0.717) is 18.2 Å². The average Bonchev–Trinajstić information content (AvgIpc) is 2.28. The highest BCUT2D eigenvalue weighted by Gasteiger charge is 2.28. The lowest BCUT2D eigenvalue weighted by Gasteiger charge is -2.38. The molecule has 1 saturated heterocycles. The fraction of sp³-hybridized carbons (Fsp3) is 0.545. The third kappa shape index (κ3) is 2.71. The van der Waals surface area contributed by atoms with Crippen LogP contribution >= 0.6 is 0 Å². The number of morpholine rings is 1. The summed E-state index contributed by atoms with van der Waals surface area (Å²) in [6.07, 6.45) is 1.63. The number of nitrogens with one attached hydrogen (secondary N) is 1. The number of hydrogen-bond donors (Lipinski definition) is 2. The lowest BCUT2D eigenvalue weighted by molar-refractivity contribution is -0.0281. The first-order chi connectivity index (χ1) is 7.98. The van der Waals surface area contributed by atoms with Crippen LogP contribution in [0.25, 0.3) is 0 Å². The standard InChI is InChI=1S/C11H17N5O/c1-11(2)7-16(5-6-17-11)10-14-4-3-8(15-10)9(12)13/h3-4H,5-7H2,1-2H3,(H3,12,13). The van der Waals surface area contributed by atoms with Crippen LogP contribution in [0.3, 0.4) is 0 Å². The summed E-state index contributed by atoms with van der Waals surface area (Å²) in [7, 11) is 0. The lowest BCUT2D eigenvalue weighted by Crippen LogP contribution is -2.49. The number of amidine groups is 1. The molecule has 1 aliphatic heterocycles. The van der Waals surface area contributed by atoms with Gasteiger partial charge in [0.1, 0.15) is 11.5 Å². The SMILES string of the molecule is CC1(C)CN(c2nccc(C(=N)N)n2)CCO1. The van der Waals surface area contributed by atoms with Gasteiger partial charge in [0.05, 0.1) is 12.2 Å². The van der Waals surface area contributed by atoms with Crippen LogP contribution in [0.4, 0.5) is 5.95 Å². The van der Waals surface area contributed by atoms with Crippen LogP contribution < -0.4 is 10.6 Å². The Kier molecular flexibility index (Phi) is 2.97. The summed E-state index contributed by atoms with van der Waals surface area (Å²) in [6, 6.07) is 1.64. The van der Waals surface area contributed by atoms with Crippen molar-refractivity contribution in [2.45, 2.75) is 19.4 Å². The van der Waals surface area contributed by atoms with E-state index in [9.17, 15) is 0 Å². The van der Waals surface area contributed by atoms with E-state index < -0.39 is 0 Å². The monoisotopic (exact) mass is 235 g/mol. The average molecular weight is 235 g/mol. The van der Waals surface area contributed by atoms with E-state index in [1.165, 1.54) is 0 Å². The summed E-state index contributed by atoms with van der Waals surface area (Å²) in [4.78, 5) is 10.5. The molecular formula is C11H17N5O. The van der Waals surface area contributed by atoms with Gasteiger partial charge >= 0.3 is 0 Å². The van der Waals surface area contributed by atoms with Crippen molar-refractivity contribution in [2.75, 3.05) is 24.6 Å². The van der Waals surface area contributed by atoms with Crippen LogP contribution in [0.2, 0.25) is 0 Å². The van der Waals surface area contributed by atoms with Gasteiger partial charge in [0, 0.05) is 19.3 Å². The van der Waals surface area contributed by atoms with Crippen molar-refractivity contribution in [3.8, 4) is 0 Å². The molecule has 0 radical (unpaired) electrons. The predicted molar refractivity (Wildman–Crippen MR) is 65.3 cm³/mol. The maximum Gasteiger partial charge on any atom is 0.226 e. The second-order valence-corrected chi connectivity index (χ2v) is 4.69. The smallest absolute Gasteiger partial charge is 0.226 e. The van der Waals surface area contributed by atoms with Crippen molar-refractivity contribution in [1.29, 1.82) is 5.41 Å². The molecule has 0 aliphatic carbocycles. The first-order valence-electron chi connectivity index (χ1n) is 5.54. The minimum Gasteiger partial charge on any atom is -0.382 e. The van der Waals surface area contributed by atoms with Crippen molar-refractivity contribution in [2.24, 2.45) is 5.73 Å². The Balaban J connectivity index is 2.22. The quantitative estimate of drug-likeness (QED) is 0.571. The van der Waals surface area contributed by atoms with Crippen LogP contribution in [-0.4, -0.2) is 41.1 Å². The maximum atomic E-state index is 7.37. The first kappa shape index (κ1) is 11.8. The maximum absolute atomic E-state index is 7.37. The van der Waals surface area contributed by atoms with Gasteiger partial charge in [-0.2, -0.15) is 0 Å². The highest BCUT2D eigenvalue weighted by Crippen LogP contribution is 2.19. The summed E-state index contributed by atoms with van der Waals surface area (Å²) in [5.74, 6) is 0.565. The molecule has 0 saturated carbocycles. The zero-order chi connectivity index (χ0) is 12.5. The summed E-state index contributed by atoms with van der Waals surface area (Å²) >= 11 is 0. The van der Waals surface area contributed by atoms with Gasteiger partial charge in [0.25, 0.3) is 0 Å². The van der Waals surface area contributed by atoms with Crippen LogP contribution in [0.15, 0.2) is 12.3 Å². The first-order valence-corrected chi connectivity index (χ1v) is 5.54. The summed E-state index contributed by atoms with van der Waals surface area (Å²) in [6.45, 7) is 6.21. The Bertz CT molecular complexity index is 432. The lowest BCUT2D eigenvalue weighted by atomic mass is 10.1. The third-order valence-corrected chi connectivity index (χ3v) is 2.63. The molecule has 0 aromatic carbocycles. The molecule has 0 atom stereocenters. The van der Waals surface area contributed by atoms with Gasteiger partial charge in [0.2, 0.25) is 5.95 Å². The Morgan fingerprint density at radius 3 is 3.00 bits per heavy atom. The third-order valence-electron chi connectivity index (χ3n) is 2.63. The molecule has 1 aliphatic rings. The minimum atomic E-state index is -0.201. The molecule has 0 spiro atoms. The predicted octanol–water partition coefficient (Wildman–Crippen LogP) is 0.376. The van der Waals surface area contributed by atoms with E-state index in [0.717, 1.165) is 13.1 Å².